The van der Waals surface area contributed by atoms with E-state index in [2.05, 4.69) is 41.3 Å². The van der Waals surface area contributed by atoms with Crippen LogP contribution in [0.25, 0.3) is 0 Å². The van der Waals surface area contributed by atoms with Gasteiger partial charge in [0.2, 0.25) is 0 Å². The van der Waals surface area contributed by atoms with E-state index in [-0.39, 0.29) is 0 Å². The van der Waals surface area contributed by atoms with E-state index in [1.165, 1.54) is 18.4 Å². The first-order chi connectivity index (χ1) is 12.2. The smallest absolute Gasteiger partial charge is 0.0926 e. The quantitative estimate of drug-likeness (QED) is 0.927. The molecule has 0 radical (unpaired) electrons. The molecule has 3 heteroatoms. The highest BCUT2D eigenvalue weighted by Crippen LogP contribution is 2.46. The predicted octanol–water partition coefficient (Wildman–Crippen LogP) is 3.77. The Kier molecular flexibility index (Phi) is 4.33. The lowest BCUT2D eigenvalue weighted by Crippen LogP contribution is -2.49. The van der Waals surface area contributed by atoms with Gasteiger partial charge < -0.3 is 5.11 Å². The van der Waals surface area contributed by atoms with Gasteiger partial charge in [0.15, 0.2) is 0 Å². The molecule has 0 aliphatic carbocycles. The zero-order valence-electron chi connectivity index (χ0n) is 14.4. The first-order valence-electron chi connectivity index (χ1n) is 9.16. The summed E-state index contributed by atoms with van der Waals surface area (Å²) in [5.74, 6) is 0. The molecule has 2 atom stereocenters. The Labute approximate surface area is 149 Å². The normalized spacial score (nSPS) is 28.6. The Hall–Kier alpha value is -2.15. The van der Waals surface area contributed by atoms with Gasteiger partial charge in [-0.25, -0.2) is 0 Å². The number of hydrogen-bond acceptors (Lipinski definition) is 3. The van der Waals surface area contributed by atoms with Crippen LogP contribution in [0.4, 0.5) is 0 Å². The Morgan fingerprint density at radius 2 is 1.60 bits per heavy atom. The molecule has 3 nitrogen and oxygen atoms in total. The molecule has 0 saturated carbocycles. The number of aliphatic hydroxyl groups is 1. The van der Waals surface area contributed by atoms with Crippen molar-refractivity contribution in [1.29, 1.82) is 5.26 Å². The molecule has 0 aromatic heterocycles. The number of nitriles is 1. The van der Waals surface area contributed by atoms with Gasteiger partial charge in [-0.2, -0.15) is 5.26 Å². The molecule has 2 saturated heterocycles. The minimum absolute atomic E-state index is 0.425. The fraction of sp³-hybridized carbons (Fsp3) is 0.409. The number of fused-ring (bicyclic) bond motifs is 2. The van der Waals surface area contributed by atoms with Crippen LogP contribution in [0.5, 0.6) is 0 Å². The van der Waals surface area contributed by atoms with Crippen molar-refractivity contribution in [2.24, 2.45) is 0 Å². The molecule has 2 aliphatic rings. The van der Waals surface area contributed by atoms with Crippen LogP contribution in [0.3, 0.4) is 0 Å². The van der Waals surface area contributed by atoms with Crippen LogP contribution in [-0.2, 0) is 18.6 Å². The van der Waals surface area contributed by atoms with E-state index in [0.29, 0.717) is 18.5 Å². The molecule has 25 heavy (non-hydrogen) atoms. The molecule has 0 amide bonds. The largest absolute Gasteiger partial charge is 0.385 e. The Bertz CT molecular complexity index is 749. The van der Waals surface area contributed by atoms with Gasteiger partial charge in [-0.05, 0) is 42.4 Å². The minimum atomic E-state index is -0.732. The highest BCUT2D eigenvalue weighted by atomic mass is 16.3. The summed E-state index contributed by atoms with van der Waals surface area (Å²) < 4.78 is 0. The first kappa shape index (κ1) is 16.3. The van der Waals surface area contributed by atoms with Crippen LogP contribution < -0.4 is 0 Å². The molecular weight excluding hydrogens is 308 g/mol. The zero-order chi connectivity index (χ0) is 17.3. The summed E-state index contributed by atoms with van der Waals surface area (Å²) in [6.45, 7) is 0.980. The van der Waals surface area contributed by atoms with Crippen molar-refractivity contribution in [3.05, 3.63) is 71.3 Å². The summed E-state index contributed by atoms with van der Waals surface area (Å²) >= 11 is 0. The number of hydrogen-bond donors (Lipinski definition) is 1. The molecular formula is C22H24N2O. The highest BCUT2D eigenvalue weighted by Gasteiger charge is 2.48. The Morgan fingerprint density at radius 3 is 2.20 bits per heavy atom. The van der Waals surface area contributed by atoms with Gasteiger partial charge >= 0.3 is 0 Å². The predicted molar refractivity (Wildman–Crippen MR) is 97.7 cm³/mol. The Balaban J connectivity index is 1.51. The molecule has 2 bridgehead atoms. The first-order valence-corrected chi connectivity index (χ1v) is 9.16. The molecule has 0 spiro atoms. The second-order valence-electron chi connectivity index (χ2n) is 7.51. The van der Waals surface area contributed by atoms with E-state index in [9.17, 15) is 5.11 Å². The lowest BCUT2D eigenvalue weighted by atomic mass is 9.80. The van der Waals surface area contributed by atoms with E-state index in [4.69, 9.17) is 5.26 Å². The third kappa shape index (κ3) is 3.20. The van der Waals surface area contributed by atoms with E-state index in [1.54, 1.807) is 0 Å². The molecule has 2 aromatic rings. The van der Waals surface area contributed by atoms with Crippen LogP contribution in [0.1, 0.15) is 42.4 Å². The van der Waals surface area contributed by atoms with Gasteiger partial charge in [0.05, 0.1) is 18.1 Å². The maximum atomic E-state index is 11.3. The topological polar surface area (TPSA) is 47.3 Å². The lowest BCUT2D eigenvalue weighted by molar-refractivity contribution is -0.0595. The van der Waals surface area contributed by atoms with Gasteiger partial charge in [-0.15, -0.1) is 0 Å². The van der Waals surface area contributed by atoms with E-state index in [1.807, 2.05) is 24.3 Å². The average molecular weight is 332 g/mol. The zero-order valence-corrected chi connectivity index (χ0v) is 14.4. The molecule has 128 valence electrons. The number of rotatable bonds is 4. The molecule has 2 heterocycles. The van der Waals surface area contributed by atoms with Crippen molar-refractivity contribution < 1.29 is 5.11 Å². The van der Waals surface area contributed by atoms with Crippen LogP contribution in [0, 0.1) is 11.3 Å². The van der Waals surface area contributed by atoms with E-state index >= 15 is 0 Å². The van der Waals surface area contributed by atoms with Crippen LogP contribution >= 0.6 is 0 Å². The van der Waals surface area contributed by atoms with Crippen molar-refractivity contribution in [3.63, 3.8) is 0 Å². The third-order valence-corrected chi connectivity index (χ3v) is 5.90. The van der Waals surface area contributed by atoms with Crippen LogP contribution in [0.2, 0.25) is 0 Å². The molecule has 2 aromatic carbocycles. The molecule has 1 N–H and O–H groups in total. The highest BCUT2D eigenvalue weighted by molar-refractivity contribution is 5.30. The van der Waals surface area contributed by atoms with Crippen molar-refractivity contribution in [2.45, 2.75) is 56.3 Å². The Morgan fingerprint density at radius 1 is 0.960 bits per heavy atom. The third-order valence-electron chi connectivity index (χ3n) is 5.90. The van der Waals surface area contributed by atoms with Gasteiger partial charge in [-0.1, -0.05) is 54.6 Å². The maximum Gasteiger partial charge on any atom is 0.0926 e. The fourth-order valence-corrected chi connectivity index (χ4v) is 4.63. The number of benzene rings is 2. The summed E-state index contributed by atoms with van der Waals surface area (Å²) in [4.78, 5) is 2.59. The lowest BCUT2D eigenvalue weighted by Gasteiger charge is -2.44. The van der Waals surface area contributed by atoms with E-state index < -0.39 is 5.60 Å². The fourth-order valence-electron chi connectivity index (χ4n) is 4.63. The van der Waals surface area contributed by atoms with Gasteiger partial charge in [0, 0.05) is 18.6 Å². The molecule has 2 unspecified atom stereocenters. The summed E-state index contributed by atoms with van der Waals surface area (Å²) in [7, 11) is 0. The van der Waals surface area contributed by atoms with Crippen molar-refractivity contribution >= 4 is 0 Å². The molecule has 4 rings (SSSR count). The standard InChI is InChI=1S/C22H24N2O/c23-13-12-17-6-8-19(9-7-17)22(25)14-20-10-11-21(15-22)24(20)16-18-4-2-1-3-5-18/h1-9,20-21,25H,10-12,14-16H2. The van der Waals surface area contributed by atoms with Crippen molar-refractivity contribution in [2.75, 3.05) is 0 Å². The van der Waals surface area contributed by atoms with Gasteiger partial charge in [0.25, 0.3) is 0 Å². The summed E-state index contributed by atoms with van der Waals surface area (Å²) in [5.41, 5.74) is 2.64. The van der Waals surface area contributed by atoms with Gasteiger partial charge in [-0.3, -0.25) is 4.90 Å². The van der Waals surface area contributed by atoms with Crippen molar-refractivity contribution in [3.8, 4) is 6.07 Å². The number of piperidine rings is 1. The second-order valence-corrected chi connectivity index (χ2v) is 7.51. The SMILES string of the molecule is N#CCc1ccc(C2(O)CC3CCC(C2)N3Cc2ccccc2)cc1. The average Bonchev–Trinajstić information content (AvgIpc) is 2.87. The minimum Gasteiger partial charge on any atom is -0.385 e. The summed E-state index contributed by atoms with van der Waals surface area (Å²) in [5, 5.41) is 20.1. The molecule has 2 aliphatic heterocycles. The summed E-state index contributed by atoms with van der Waals surface area (Å²) in [6, 6.07) is 21.7. The maximum absolute atomic E-state index is 11.3. The second kappa shape index (κ2) is 6.63. The molecule has 2 fully saturated rings. The van der Waals surface area contributed by atoms with E-state index in [0.717, 1.165) is 30.5 Å². The number of nitrogens with zero attached hydrogens (tertiary/aromatic N) is 2. The monoisotopic (exact) mass is 332 g/mol. The van der Waals surface area contributed by atoms with Crippen LogP contribution in [-0.4, -0.2) is 22.1 Å². The van der Waals surface area contributed by atoms with Crippen molar-refractivity contribution in [1.82, 2.24) is 4.90 Å². The van der Waals surface area contributed by atoms with Crippen LogP contribution in [0.15, 0.2) is 54.6 Å². The van der Waals surface area contributed by atoms with Gasteiger partial charge in [0.1, 0.15) is 0 Å². The summed E-state index contributed by atoms with van der Waals surface area (Å²) in [6.07, 6.45) is 4.37.